The summed E-state index contributed by atoms with van der Waals surface area (Å²) in [5, 5.41) is 4.74. The van der Waals surface area contributed by atoms with Gasteiger partial charge in [-0.25, -0.2) is 0 Å². The molecular weight excluding hydrogens is 432 g/mol. The molecule has 0 unspecified atom stereocenters. The second-order valence-corrected chi connectivity index (χ2v) is 8.34. The third-order valence-electron chi connectivity index (χ3n) is 5.73. The van der Waals surface area contributed by atoms with Gasteiger partial charge in [-0.3, -0.25) is 0 Å². The fourth-order valence-corrected chi connectivity index (χ4v) is 4.85. The zero-order valence-electron chi connectivity index (χ0n) is 16.1. The number of fused-ring (bicyclic) bond motifs is 5. The van der Waals surface area contributed by atoms with Gasteiger partial charge in [0.25, 0.3) is 0 Å². The summed E-state index contributed by atoms with van der Waals surface area (Å²) in [6.45, 7) is 0. The molecule has 0 bridgehead atoms. The van der Waals surface area contributed by atoms with E-state index < -0.39 is 0 Å². The summed E-state index contributed by atoms with van der Waals surface area (Å²) in [7, 11) is 0. The topological polar surface area (TPSA) is 13.1 Å². The zero-order valence-corrected chi connectivity index (χ0v) is 17.7. The van der Waals surface area contributed by atoms with E-state index in [4.69, 9.17) is 4.42 Å². The van der Waals surface area contributed by atoms with Gasteiger partial charge >= 0.3 is 0 Å². The summed E-state index contributed by atoms with van der Waals surface area (Å²) in [5.74, 6) is 0. The number of benzene rings is 5. The van der Waals surface area contributed by atoms with E-state index in [2.05, 4.69) is 107 Å². The molecule has 142 valence electrons. The van der Waals surface area contributed by atoms with E-state index >= 15 is 0 Å². The van der Waals surface area contributed by atoms with E-state index in [1.54, 1.807) is 0 Å². The lowest BCUT2D eigenvalue weighted by Crippen LogP contribution is -1.86. The maximum atomic E-state index is 6.52. The maximum Gasteiger partial charge on any atom is 0.149 e. The highest BCUT2D eigenvalue weighted by Gasteiger charge is 2.19. The first kappa shape index (κ1) is 17.5. The van der Waals surface area contributed by atoms with E-state index in [0.717, 1.165) is 32.2 Å². The molecule has 6 rings (SSSR count). The van der Waals surface area contributed by atoms with Gasteiger partial charge in [0.1, 0.15) is 11.2 Å². The normalized spacial score (nSPS) is 11.5. The Labute approximate surface area is 182 Å². The first-order valence-corrected chi connectivity index (χ1v) is 10.8. The zero-order chi connectivity index (χ0) is 20.1. The Balaban J connectivity index is 1.86. The van der Waals surface area contributed by atoms with Gasteiger partial charge < -0.3 is 4.42 Å². The molecule has 0 aliphatic rings. The number of halogens is 1. The van der Waals surface area contributed by atoms with E-state index in [0.29, 0.717) is 0 Å². The van der Waals surface area contributed by atoms with Gasteiger partial charge in [0.2, 0.25) is 0 Å². The van der Waals surface area contributed by atoms with Crippen molar-refractivity contribution in [3.63, 3.8) is 0 Å². The van der Waals surface area contributed by atoms with Gasteiger partial charge in [-0.05, 0) is 50.1 Å². The van der Waals surface area contributed by atoms with Crippen LogP contribution >= 0.6 is 15.9 Å². The highest BCUT2D eigenvalue weighted by atomic mass is 79.9. The first-order chi connectivity index (χ1) is 14.8. The highest BCUT2D eigenvalue weighted by molar-refractivity contribution is 9.10. The van der Waals surface area contributed by atoms with Crippen molar-refractivity contribution in [1.82, 2.24) is 0 Å². The molecule has 0 saturated carbocycles. The second kappa shape index (κ2) is 6.86. The molecular formula is C28H17BrO. The standard InChI is InChI=1S/C28H17BrO/c29-24-16-8-15-22-26-25-20(13-7-14-21(25)18-9-3-1-4-10-18)17-23(28(26)30-27(22)24)19-11-5-2-6-12-19/h1-17H. The molecule has 0 aliphatic carbocycles. The molecule has 6 aromatic rings. The van der Waals surface area contributed by atoms with Crippen molar-refractivity contribution >= 4 is 48.6 Å². The largest absolute Gasteiger partial charge is 0.454 e. The van der Waals surface area contributed by atoms with Crippen molar-refractivity contribution in [2.75, 3.05) is 0 Å². The minimum Gasteiger partial charge on any atom is -0.454 e. The van der Waals surface area contributed by atoms with E-state index in [-0.39, 0.29) is 0 Å². The number of hydrogen-bond donors (Lipinski definition) is 0. The number of para-hydroxylation sites is 1. The third kappa shape index (κ3) is 2.61. The van der Waals surface area contributed by atoms with Crippen molar-refractivity contribution in [2.45, 2.75) is 0 Å². The first-order valence-electron chi connectivity index (χ1n) is 9.98. The van der Waals surface area contributed by atoms with Crippen LogP contribution in [0.2, 0.25) is 0 Å². The third-order valence-corrected chi connectivity index (χ3v) is 6.35. The molecule has 2 heteroatoms. The molecule has 1 heterocycles. The van der Waals surface area contributed by atoms with Crippen LogP contribution < -0.4 is 0 Å². The molecule has 0 N–H and O–H groups in total. The average Bonchev–Trinajstić information content (AvgIpc) is 3.20. The van der Waals surface area contributed by atoms with E-state index in [1.807, 2.05) is 12.1 Å². The van der Waals surface area contributed by atoms with Gasteiger partial charge in [0, 0.05) is 21.7 Å². The Morgan fingerprint density at radius 2 is 1.20 bits per heavy atom. The lowest BCUT2D eigenvalue weighted by atomic mass is 9.91. The number of furan rings is 1. The lowest BCUT2D eigenvalue weighted by Gasteiger charge is -2.11. The molecule has 0 fully saturated rings. The molecule has 0 saturated heterocycles. The van der Waals surface area contributed by atoms with Crippen LogP contribution in [0.3, 0.4) is 0 Å². The van der Waals surface area contributed by atoms with Crippen molar-refractivity contribution in [1.29, 1.82) is 0 Å². The Morgan fingerprint density at radius 1 is 0.533 bits per heavy atom. The number of rotatable bonds is 2. The van der Waals surface area contributed by atoms with Gasteiger partial charge in [0.15, 0.2) is 0 Å². The van der Waals surface area contributed by atoms with Crippen LogP contribution in [0, 0.1) is 0 Å². The molecule has 0 spiro atoms. The summed E-state index contributed by atoms with van der Waals surface area (Å²) in [4.78, 5) is 0. The summed E-state index contributed by atoms with van der Waals surface area (Å²) in [6, 6.07) is 36.1. The molecule has 0 atom stereocenters. The smallest absolute Gasteiger partial charge is 0.149 e. The van der Waals surface area contributed by atoms with Gasteiger partial charge in [-0.2, -0.15) is 0 Å². The summed E-state index contributed by atoms with van der Waals surface area (Å²) in [6.07, 6.45) is 0. The van der Waals surface area contributed by atoms with Crippen molar-refractivity contribution in [2.24, 2.45) is 0 Å². The van der Waals surface area contributed by atoms with Crippen LogP contribution in [0.1, 0.15) is 0 Å². The Kier molecular flexibility index (Phi) is 4.00. The monoisotopic (exact) mass is 448 g/mol. The van der Waals surface area contributed by atoms with Gasteiger partial charge in [0.05, 0.1) is 4.47 Å². The van der Waals surface area contributed by atoms with Crippen LogP contribution in [0.4, 0.5) is 0 Å². The van der Waals surface area contributed by atoms with Crippen molar-refractivity contribution < 1.29 is 4.42 Å². The quantitative estimate of drug-likeness (QED) is 0.257. The fourth-order valence-electron chi connectivity index (χ4n) is 4.40. The maximum absolute atomic E-state index is 6.52. The van der Waals surface area contributed by atoms with E-state index in [1.165, 1.54) is 27.3 Å². The predicted octanol–water partition coefficient (Wildman–Crippen LogP) is 8.84. The molecule has 30 heavy (non-hydrogen) atoms. The minimum atomic E-state index is 0.889. The van der Waals surface area contributed by atoms with Crippen molar-refractivity contribution in [3.8, 4) is 22.3 Å². The fraction of sp³-hybridized carbons (Fsp3) is 0. The summed E-state index contributed by atoms with van der Waals surface area (Å²) in [5.41, 5.74) is 6.52. The highest BCUT2D eigenvalue weighted by Crippen LogP contribution is 2.45. The van der Waals surface area contributed by atoms with Crippen LogP contribution in [-0.2, 0) is 0 Å². The van der Waals surface area contributed by atoms with Crippen molar-refractivity contribution in [3.05, 3.63) is 108 Å². The molecule has 0 radical (unpaired) electrons. The van der Waals surface area contributed by atoms with Crippen LogP contribution in [0.15, 0.2) is 112 Å². The molecule has 5 aromatic carbocycles. The number of hydrogen-bond acceptors (Lipinski definition) is 1. The predicted molar refractivity (Wildman–Crippen MR) is 130 cm³/mol. The average molecular weight is 449 g/mol. The van der Waals surface area contributed by atoms with Crippen LogP contribution in [0.5, 0.6) is 0 Å². The van der Waals surface area contributed by atoms with Gasteiger partial charge in [-0.15, -0.1) is 0 Å². The second-order valence-electron chi connectivity index (χ2n) is 7.48. The van der Waals surface area contributed by atoms with E-state index in [9.17, 15) is 0 Å². The SMILES string of the molecule is Brc1cccc2c1oc1c(-c3ccccc3)cc3cccc(-c4ccccc4)c3c12. The van der Waals surface area contributed by atoms with Crippen LogP contribution in [-0.4, -0.2) is 0 Å². The Bertz CT molecular complexity index is 1530. The Hall–Kier alpha value is -3.36. The lowest BCUT2D eigenvalue weighted by molar-refractivity contribution is 0.668. The summed E-state index contributed by atoms with van der Waals surface area (Å²) >= 11 is 3.69. The minimum absolute atomic E-state index is 0.889. The Morgan fingerprint density at radius 3 is 1.93 bits per heavy atom. The van der Waals surface area contributed by atoms with Gasteiger partial charge in [-0.1, -0.05) is 91.0 Å². The molecule has 1 aromatic heterocycles. The summed E-state index contributed by atoms with van der Waals surface area (Å²) < 4.78 is 7.49. The molecule has 1 nitrogen and oxygen atoms in total. The molecule has 0 aliphatic heterocycles. The van der Waals surface area contributed by atoms with Crippen LogP contribution in [0.25, 0.3) is 55.0 Å². The molecule has 0 amide bonds.